The molecule has 0 aliphatic rings. The van der Waals surface area contributed by atoms with Gasteiger partial charge in [0.1, 0.15) is 0 Å². The largest absolute Gasteiger partial charge is 0.378 e. The van der Waals surface area contributed by atoms with Gasteiger partial charge in [-0.15, -0.1) is 0 Å². The Bertz CT molecular complexity index is 293. The smallest absolute Gasteiger partial charge is 0.345 e. The van der Waals surface area contributed by atoms with Crippen LogP contribution in [-0.4, -0.2) is 17.1 Å². The zero-order valence-electron chi connectivity index (χ0n) is 6.55. The van der Waals surface area contributed by atoms with Crippen molar-refractivity contribution in [1.29, 1.82) is 0 Å². The SMILES string of the molecule is COCc1cc(C)[nH]c(=O)n1. The zero-order valence-corrected chi connectivity index (χ0v) is 6.55. The monoisotopic (exact) mass is 154 g/mol. The molecule has 1 rings (SSSR count). The van der Waals surface area contributed by atoms with Crippen molar-refractivity contribution in [2.24, 2.45) is 0 Å². The van der Waals surface area contributed by atoms with Gasteiger partial charge in [0.15, 0.2) is 0 Å². The molecule has 0 saturated carbocycles. The first-order valence-electron chi connectivity index (χ1n) is 3.28. The summed E-state index contributed by atoms with van der Waals surface area (Å²) in [5, 5.41) is 0. The van der Waals surface area contributed by atoms with Crippen LogP contribution in [0.1, 0.15) is 11.4 Å². The van der Waals surface area contributed by atoms with Crippen molar-refractivity contribution in [3.05, 3.63) is 27.9 Å². The number of H-pyrrole nitrogens is 1. The standard InChI is InChI=1S/C7H10N2O2/c1-5-3-6(4-11-2)9-7(10)8-5/h3H,4H2,1-2H3,(H,8,9,10). The van der Waals surface area contributed by atoms with Crippen molar-refractivity contribution >= 4 is 0 Å². The van der Waals surface area contributed by atoms with E-state index in [0.717, 1.165) is 5.69 Å². The van der Waals surface area contributed by atoms with Gasteiger partial charge in [-0.05, 0) is 13.0 Å². The van der Waals surface area contributed by atoms with E-state index < -0.39 is 0 Å². The van der Waals surface area contributed by atoms with E-state index in [1.807, 2.05) is 6.92 Å². The molecule has 60 valence electrons. The lowest BCUT2D eigenvalue weighted by Gasteiger charge is -1.97. The molecule has 0 spiro atoms. The lowest BCUT2D eigenvalue weighted by molar-refractivity contribution is 0.181. The van der Waals surface area contributed by atoms with Gasteiger partial charge in [0, 0.05) is 12.8 Å². The molecule has 0 aromatic carbocycles. The molecule has 0 atom stereocenters. The van der Waals surface area contributed by atoms with E-state index >= 15 is 0 Å². The molecule has 0 bridgehead atoms. The Kier molecular flexibility index (Phi) is 2.38. The van der Waals surface area contributed by atoms with E-state index in [4.69, 9.17) is 4.74 Å². The van der Waals surface area contributed by atoms with Crippen LogP contribution in [0.2, 0.25) is 0 Å². The summed E-state index contributed by atoms with van der Waals surface area (Å²) in [6.45, 7) is 2.19. The van der Waals surface area contributed by atoms with Crippen LogP contribution in [0, 0.1) is 6.92 Å². The third-order valence-corrected chi connectivity index (χ3v) is 1.22. The number of rotatable bonds is 2. The van der Waals surface area contributed by atoms with Gasteiger partial charge < -0.3 is 9.72 Å². The molecule has 0 unspecified atom stereocenters. The number of aryl methyl sites for hydroxylation is 1. The van der Waals surface area contributed by atoms with Crippen LogP contribution in [0.5, 0.6) is 0 Å². The summed E-state index contributed by atoms with van der Waals surface area (Å²) in [7, 11) is 1.57. The van der Waals surface area contributed by atoms with Gasteiger partial charge in [-0.1, -0.05) is 0 Å². The van der Waals surface area contributed by atoms with Crippen LogP contribution in [0.4, 0.5) is 0 Å². The van der Waals surface area contributed by atoms with Crippen LogP contribution in [0.25, 0.3) is 0 Å². The van der Waals surface area contributed by atoms with Gasteiger partial charge in [0.05, 0.1) is 12.3 Å². The lowest BCUT2D eigenvalue weighted by Crippen LogP contribution is -2.13. The summed E-state index contributed by atoms with van der Waals surface area (Å²) < 4.78 is 4.82. The van der Waals surface area contributed by atoms with E-state index in [0.29, 0.717) is 12.3 Å². The quantitative estimate of drug-likeness (QED) is 0.663. The number of methoxy groups -OCH3 is 1. The third-order valence-electron chi connectivity index (χ3n) is 1.22. The number of hydrogen-bond donors (Lipinski definition) is 1. The van der Waals surface area contributed by atoms with Crippen molar-refractivity contribution in [2.45, 2.75) is 13.5 Å². The van der Waals surface area contributed by atoms with Crippen molar-refractivity contribution in [3.8, 4) is 0 Å². The molecule has 0 aliphatic heterocycles. The Morgan fingerprint density at radius 2 is 2.45 bits per heavy atom. The zero-order chi connectivity index (χ0) is 8.27. The van der Waals surface area contributed by atoms with Crippen LogP contribution in [-0.2, 0) is 11.3 Å². The Balaban J connectivity index is 2.99. The minimum Gasteiger partial charge on any atom is -0.378 e. The summed E-state index contributed by atoms with van der Waals surface area (Å²) in [4.78, 5) is 17.0. The minimum absolute atomic E-state index is 0.322. The van der Waals surface area contributed by atoms with E-state index in [1.165, 1.54) is 0 Å². The molecule has 0 amide bonds. The average Bonchev–Trinajstić information content (AvgIpc) is 1.85. The number of nitrogens with zero attached hydrogens (tertiary/aromatic N) is 1. The molecular weight excluding hydrogens is 144 g/mol. The topological polar surface area (TPSA) is 55.0 Å². The molecule has 1 aromatic heterocycles. The summed E-state index contributed by atoms with van der Waals surface area (Å²) in [6, 6.07) is 1.78. The highest BCUT2D eigenvalue weighted by Crippen LogP contribution is 1.94. The van der Waals surface area contributed by atoms with E-state index in [-0.39, 0.29) is 5.69 Å². The molecular formula is C7H10N2O2. The Labute approximate surface area is 64.2 Å². The third kappa shape index (κ3) is 2.16. The summed E-state index contributed by atoms with van der Waals surface area (Å²) >= 11 is 0. The molecule has 0 fully saturated rings. The highest BCUT2D eigenvalue weighted by Gasteiger charge is 1.95. The number of hydrogen-bond acceptors (Lipinski definition) is 3. The van der Waals surface area contributed by atoms with E-state index in [9.17, 15) is 4.79 Å². The van der Waals surface area contributed by atoms with Crippen molar-refractivity contribution < 1.29 is 4.74 Å². The van der Waals surface area contributed by atoms with Crippen LogP contribution >= 0.6 is 0 Å². The van der Waals surface area contributed by atoms with Crippen LogP contribution in [0.3, 0.4) is 0 Å². The Morgan fingerprint density at radius 3 is 3.00 bits per heavy atom. The molecule has 4 nitrogen and oxygen atoms in total. The summed E-state index contributed by atoms with van der Waals surface area (Å²) in [5.74, 6) is 0. The second kappa shape index (κ2) is 3.30. The predicted molar refractivity (Wildman–Crippen MR) is 40.3 cm³/mol. The molecule has 0 saturated heterocycles. The van der Waals surface area contributed by atoms with Gasteiger partial charge in [-0.25, -0.2) is 4.79 Å². The molecule has 1 N–H and O–H groups in total. The van der Waals surface area contributed by atoms with E-state index in [1.54, 1.807) is 13.2 Å². The highest BCUT2D eigenvalue weighted by molar-refractivity contribution is 5.05. The normalized spacial score (nSPS) is 10.0. The molecule has 1 aromatic rings. The number of nitrogens with one attached hydrogen (secondary N) is 1. The first-order valence-corrected chi connectivity index (χ1v) is 3.28. The van der Waals surface area contributed by atoms with Gasteiger partial charge in [-0.2, -0.15) is 4.98 Å². The summed E-state index contributed by atoms with van der Waals surface area (Å²) in [5.41, 5.74) is 1.14. The first kappa shape index (κ1) is 7.94. The van der Waals surface area contributed by atoms with Gasteiger partial charge in [0.2, 0.25) is 0 Å². The molecule has 1 heterocycles. The maximum absolute atomic E-state index is 10.8. The maximum atomic E-state index is 10.8. The fourth-order valence-corrected chi connectivity index (χ4v) is 0.867. The summed E-state index contributed by atoms with van der Waals surface area (Å²) in [6.07, 6.45) is 0. The maximum Gasteiger partial charge on any atom is 0.345 e. The van der Waals surface area contributed by atoms with Gasteiger partial charge in [-0.3, -0.25) is 0 Å². The number of aromatic amines is 1. The van der Waals surface area contributed by atoms with Crippen LogP contribution < -0.4 is 5.69 Å². The van der Waals surface area contributed by atoms with Crippen molar-refractivity contribution in [1.82, 2.24) is 9.97 Å². The molecule has 11 heavy (non-hydrogen) atoms. The lowest BCUT2D eigenvalue weighted by atomic mass is 10.3. The predicted octanol–water partition coefficient (Wildman–Crippen LogP) is 0.225. The highest BCUT2D eigenvalue weighted by atomic mass is 16.5. The van der Waals surface area contributed by atoms with Gasteiger partial charge >= 0.3 is 5.69 Å². The first-order chi connectivity index (χ1) is 5.22. The fraction of sp³-hybridized carbons (Fsp3) is 0.429. The molecule has 0 radical (unpaired) electrons. The average molecular weight is 154 g/mol. The molecule has 0 aliphatic carbocycles. The Hall–Kier alpha value is -1.16. The molecule has 4 heteroatoms. The fourth-order valence-electron chi connectivity index (χ4n) is 0.867. The number of aromatic nitrogens is 2. The second-order valence-electron chi connectivity index (χ2n) is 2.29. The number of ether oxygens (including phenoxy) is 1. The van der Waals surface area contributed by atoms with Crippen molar-refractivity contribution in [3.63, 3.8) is 0 Å². The van der Waals surface area contributed by atoms with Gasteiger partial charge in [0.25, 0.3) is 0 Å². The Morgan fingerprint density at radius 1 is 1.73 bits per heavy atom. The van der Waals surface area contributed by atoms with Crippen LogP contribution in [0.15, 0.2) is 10.9 Å². The minimum atomic E-state index is -0.322. The van der Waals surface area contributed by atoms with E-state index in [2.05, 4.69) is 9.97 Å². The van der Waals surface area contributed by atoms with Crippen molar-refractivity contribution in [2.75, 3.05) is 7.11 Å². The second-order valence-corrected chi connectivity index (χ2v) is 2.29.